The van der Waals surface area contributed by atoms with Crippen LogP contribution in [0.25, 0.3) is 0 Å². The Bertz CT molecular complexity index is 284. The first kappa shape index (κ1) is 11.0. The van der Waals surface area contributed by atoms with Gasteiger partial charge in [0.2, 0.25) is 0 Å². The van der Waals surface area contributed by atoms with Gasteiger partial charge in [0.05, 0.1) is 0 Å². The molecule has 0 atom stereocenters. The van der Waals surface area contributed by atoms with E-state index >= 15 is 0 Å². The molecule has 0 spiro atoms. The second kappa shape index (κ2) is 4.99. The summed E-state index contributed by atoms with van der Waals surface area (Å²) in [4.78, 5) is 0. The lowest BCUT2D eigenvalue weighted by atomic mass is 10.0. The smallest absolute Gasteiger partial charge is 0.165 e. The molecule has 0 heterocycles. The number of rotatable bonds is 4. The van der Waals surface area contributed by atoms with Crippen molar-refractivity contribution in [2.75, 3.05) is 0 Å². The van der Waals surface area contributed by atoms with Crippen molar-refractivity contribution in [1.82, 2.24) is 0 Å². The molecule has 78 valence electrons. The van der Waals surface area contributed by atoms with E-state index in [-0.39, 0.29) is 5.75 Å². The molecule has 1 aromatic rings. The fourth-order valence-corrected chi connectivity index (χ4v) is 1.53. The molecular weight excluding hydrogens is 179 g/mol. The minimum Gasteiger partial charge on any atom is -0.505 e. The van der Waals surface area contributed by atoms with Crippen LogP contribution in [0.3, 0.4) is 0 Å². The Morgan fingerprint density at radius 3 is 2.57 bits per heavy atom. The van der Waals surface area contributed by atoms with E-state index in [0.29, 0.717) is 5.56 Å². The van der Waals surface area contributed by atoms with Crippen molar-refractivity contribution in [3.63, 3.8) is 0 Å². The molecule has 0 amide bonds. The van der Waals surface area contributed by atoms with Crippen molar-refractivity contribution in [2.45, 2.75) is 39.5 Å². The fourth-order valence-electron chi connectivity index (χ4n) is 1.53. The zero-order chi connectivity index (χ0) is 10.6. The van der Waals surface area contributed by atoms with E-state index in [9.17, 15) is 9.50 Å². The van der Waals surface area contributed by atoms with Crippen LogP contribution in [0.5, 0.6) is 5.75 Å². The molecule has 0 aromatic heterocycles. The minimum absolute atomic E-state index is 0.218. The Balaban J connectivity index is 2.69. The summed E-state index contributed by atoms with van der Waals surface area (Å²) in [6, 6.07) is 3.28. The van der Waals surface area contributed by atoms with Crippen molar-refractivity contribution in [1.29, 1.82) is 0 Å². The van der Waals surface area contributed by atoms with Gasteiger partial charge in [0.15, 0.2) is 11.6 Å². The lowest BCUT2D eigenvalue weighted by molar-refractivity contribution is 0.427. The molecule has 1 N–H and O–H groups in total. The topological polar surface area (TPSA) is 20.2 Å². The lowest BCUT2D eigenvalue weighted by Crippen LogP contribution is -1.90. The second-order valence-corrected chi connectivity index (χ2v) is 3.70. The maximum Gasteiger partial charge on any atom is 0.165 e. The Morgan fingerprint density at radius 1 is 1.29 bits per heavy atom. The Kier molecular flexibility index (Phi) is 3.93. The van der Waals surface area contributed by atoms with Crippen molar-refractivity contribution < 1.29 is 9.50 Å². The quantitative estimate of drug-likeness (QED) is 0.730. The van der Waals surface area contributed by atoms with E-state index in [1.165, 1.54) is 18.9 Å². The van der Waals surface area contributed by atoms with Gasteiger partial charge in [-0.25, -0.2) is 4.39 Å². The number of benzene rings is 1. The molecule has 1 nitrogen and oxygen atoms in total. The van der Waals surface area contributed by atoms with Crippen LogP contribution >= 0.6 is 0 Å². The Hall–Kier alpha value is -1.05. The highest BCUT2D eigenvalue weighted by molar-refractivity contribution is 5.36. The zero-order valence-electron chi connectivity index (χ0n) is 8.81. The van der Waals surface area contributed by atoms with E-state index in [0.717, 1.165) is 18.4 Å². The Labute approximate surface area is 84.6 Å². The Morgan fingerprint density at radius 2 is 2.00 bits per heavy atom. The lowest BCUT2D eigenvalue weighted by Gasteiger charge is -2.05. The number of phenols is 1. The van der Waals surface area contributed by atoms with Gasteiger partial charge in [-0.3, -0.25) is 0 Å². The van der Waals surface area contributed by atoms with Gasteiger partial charge in [-0.05, 0) is 37.0 Å². The SMILES string of the molecule is CCCCCc1cc(C)c(O)c(F)c1. The number of hydrogen-bond acceptors (Lipinski definition) is 1. The molecular formula is C12H17FO. The molecule has 14 heavy (non-hydrogen) atoms. The van der Waals surface area contributed by atoms with Crippen LogP contribution in [-0.4, -0.2) is 5.11 Å². The van der Waals surface area contributed by atoms with Crippen LogP contribution in [0.1, 0.15) is 37.3 Å². The van der Waals surface area contributed by atoms with Crippen LogP contribution in [0.2, 0.25) is 0 Å². The molecule has 0 aliphatic rings. The van der Waals surface area contributed by atoms with Gasteiger partial charge < -0.3 is 5.11 Å². The van der Waals surface area contributed by atoms with E-state index < -0.39 is 5.82 Å². The molecule has 0 unspecified atom stereocenters. The van der Waals surface area contributed by atoms with Crippen molar-refractivity contribution in [3.8, 4) is 5.75 Å². The first-order valence-corrected chi connectivity index (χ1v) is 5.13. The average Bonchev–Trinajstić information content (AvgIpc) is 2.14. The first-order valence-electron chi connectivity index (χ1n) is 5.13. The van der Waals surface area contributed by atoms with Gasteiger partial charge in [0, 0.05) is 0 Å². The van der Waals surface area contributed by atoms with E-state index in [2.05, 4.69) is 6.92 Å². The van der Waals surface area contributed by atoms with Crippen LogP contribution < -0.4 is 0 Å². The summed E-state index contributed by atoms with van der Waals surface area (Å²) in [5, 5.41) is 9.23. The zero-order valence-corrected chi connectivity index (χ0v) is 8.81. The predicted molar refractivity (Wildman–Crippen MR) is 56.0 cm³/mol. The number of unbranched alkanes of at least 4 members (excludes halogenated alkanes) is 2. The van der Waals surface area contributed by atoms with E-state index in [4.69, 9.17) is 0 Å². The monoisotopic (exact) mass is 196 g/mol. The summed E-state index contributed by atoms with van der Waals surface area (Å²) in [6.45, 7) is 3.87. The van der Waals surface area contributed by atoms with Gasteiger partial charge in [-0.15, -0.1) is 0 Å². The number of aryl methyl sites for hydroxylation is 2. The van der Waals surface area contributed by atoms with Gasteiger partial charge in [0.1, 0.15) is 0 Å². The van der Waals surface area contributed by atoms with Gasteiger partial charge >= 0.3 is 0 Å². The van der Waals surface area contributed by atoms with Gasteiger partial charge in [0.25, 0.3) is 0 Å². The van der Waals surface area contributed by atoms with Crippen LogP contribution in [0.4, 0.5) is 4.39 Å². The molecule has 0 radical (unpaired) electrons. The number of phenolic OH excluding ortho intramolecular Hbond substituents is 1. The summed E-state index contributed by atoms with van der Waals surface area (Å²) >= 11 is 0. The molecule has 2 heteroatoms. The number of aromatic hydroxyl groups is 1. The molecule has 0 aliphatic heterocycles. The van der Waals surface area contributed by atoms with Crippen LogP contribution in [0, 0.1) is 12.7 Å². The standard InChI is InChI=1S/C12H17FO/c1-3-4-5-6-10-7-9(2)12(14)11(13)8-10/h7-8,14H,3-6H2,1-2H3. The molecule has 0 bridgehead atoms. The van der Waals surface area contributed by atoms with Gasteiger partial charge in [-0.2, -0.15) is 0 Å². The highest BCUT2D eigenvalue weighted by Gasteiger charge is 2.05. The maximum absolute atomic E-state index is 13.1. The number of halogens is 1. The predicted octanol–water partition coefficient (Wildman–Crippen LogP) is 3.57. The highest BCUT2D eigenvalue weighted by atomic mass is 19.1. The van der Waals surface area contributed by atoms with Crippen LogP contribution in [0.15, 0.2) is 12.1 Å². The highest BCUT2D eigenvalue weighted by Crippen LogP contribution is 2.22. The summed E-state index contributed by atoms with van der Waals surface area (Å²) in [5.74, 6) is -0.722. The maximum atomic E-state index is 13.1. The van der Waals surface area contributed by atoms with Crippen molar-refractivity contribution >= 4 is 0 Å². The molecule has 0 saturated heterocycles. The van der Waals surface area contributed by atoms with Crippen molar-refractivity contribution in [2.24, 2.45) is 0 Å². The minimum atomic E-state index is -0.503. The average molecular weight is 196 g/mol. The van der Waals surface area contributed by atoms with E-state index in [1.54, 1.807) is 6.92 Å². The second-order valence-electron chi connectivity index (χ2n) is 3.70. The van der Waals surface area contributed by atoms with Gasteiger partial charge in [-0.1, -0.05) is 25.8 Å². The summed E-state index contributed by atoms with van der Waals surface area (Å²) < 4.78 is 13.1. The number of hydrogen-bond donors (Lipinski definition) is 1. The third-order valence-electron chi connectivity index (χ3n) is 2.38. The molecule has 0 saturated carbocycles. The summed E-state index contributed by atoms with van der Waals surface area (Å²) in [7, 11) is 0. The first-order chi connectivity index (χ1) is 6.65. The molecule has 1 rings (SSSR count). The summed E-state index contributed by atoms with van der Waals surface area (Å²) in [6.07, 6.45) is 4.31. The fraction of sp³-hybridized carbons (Fsp3) is 0.500. The summed E-state index contributed by atoms with van der Waals surface area (Å²) in [5.41, 5.74) is 1.60. The normalized spacial score (nSPS) is 10.5. The largest absolute Gasteiger partial charge is 0.505 e. The van der Waals surface area contributed by atoms with E-state index in [1.807, 2.05) is 6.07 Å². The molecule has 0 fully saturated rings. The van der Waals surface area contributed by atoms with Crippen molar-refractivity contribution in [3.05, 3.63) is 29.1 Å². The molecule has 1 aromatic carbocycles. The van der Waals surface area contributed by atoms with Crippen LogP contribution in [-0.2, 0) is 6.42 Å². The third-order valence-corrected chi connectivity index (χ3v) is 2.38. The third kappa shape index (κ3) is 2.72. The molecule has 0 aliphatic carbocycles.